The molecular weight excluding hydrogens is 284 g/mol. The Morgan fingerprint density at radius 1 is 1.55 bits per heavy atom. The third-order valence-corrected chi connectivity index (χ3v) is 2.82. The van der Waals surface area contributed by atoms with E-state index < -0.39 is 0 Å². The number of hydrogen-bond donors (Lipinski definition) is 1. The number of carbonyl (C=O) groups is 1. The van der Waals surface area contributed by atoms with E-state index in [4.69, 9.17) is 21.2 Å². The molecule has 1 aromatic heterocycles. The number of rotatable bonds is 5. The summed E-state index contributed by atoms with van der Waals surface area (Å²) in [5, 5.41) is 5.60. The zero-order valence-corrected chi connectivity index (χ0v) is 11.5. The molecule has 0 atom stereocenters. The molecule has 7 nitrogen and oxygen atoms in total. The topological polar surface area (TPSA) is 76.0 Å². The lowest BCUT2D eigenvalue weighted by molar-refractivity contribution is -0.132. The zero-order valence-electron chi connectivity index (χ0n) is 10.8. The van der Waals surface area contributed by atoms with Crippen molar-refractivity contribution in [3.05, 3.63) is 30.1 Å². The standard InChI is InChI=1S/C12H15ClN4O3/c13-12(10-2-1-3-14-8-10)16-20-9-11(18)15-17-4-6-19-7-5-17/h1-3,8H,4-7,9H2,(H,15,18)/b16-12-. The lowest BCUT2D eigenvalue weighted by atomic mass is 10.3. The number of morpholine rings is 1. The number of hydrogen-bond acceptors (Lipinski definition) is 6. The van der Waals surface area contributed by atoms with Crippen molar-refractivity contribution in [3.63, 3.8) is 0 Å². The zero-order chi connectivity index (χ0) is 14.2. The number of oxime groups is 1. The molecule has 0 aliphatic carbocycles. The molecule has 0 bridgehead atoms. The Hall–Kier alpha value is -1.70. The van der Waals surface area contributed by atoms with Gasteiger partial charge in [-0.2, -0.15) is 0 Å². The van der Waals surface area contributed by atoms with Crippen LogP contribution in [0.5, 0.6) is 0 Å². The highest BCUT2D eigenvalue weighted by Gasteiger charge is 2.13. The Balaban J connectivity index is 1.73. The predicted molar refractivity (Wildman–Crippen MR) is 73.1 cm³/mol. The Bertz CT molecular complexity index is 463. The molecule has 2 heterocycles. The summed E-state index contributed by atoms with van der Waals surface area (Å²) >= 11 is 5.91. The summed E-state index contributed by atoms with van der Waals surface area (Å²) in [5.74, 6) is -0.286. The second-order valence-electron chi connectivity index (χ2n) is 4.03. The Kier molecular flexibility index (Phi) is 5.72. The van der Waals surface area contributed by atoms with Crippen LogP contribution >= 0.6 is 11.6 Å². The molecule has 1 amide bonds. The molecule has 0 radical (unpaired) electrons. The summed E-state index contributed by atoms with van der Waals surface area (Å²) in [7, 11) is 0. The van der Waals surface area contributed by atoms with Crippen molar-refractivity contribution < 1.29 is 14.4 Å². The van der Waals surface area contributed by atoms with Gasteiger partial charge in [0.05, 0.1) is 13.2 Å². The molecule has 1 saturated heterocycles. The van der Waals surface area contributed by atoms with Crippen molar-refractivity contribution in [3.8, 4) is 0 Å². The number of halogens is 1. The molecule has 0 unspecified atom stereocenters. The highest BCUT2D eigenvalue weighted by atomic mass is 35.5. The Morgan fingerprint density at radius 3 is 3.05 bits per heavy atom. The molecule has 1 aromatic rings. The maximum absolute atomic E-state index is 11.6. The smallest absolute Gasteiger partial charge is 0.275 e. The van der Waals surface area contributed by atoms with Crippen molar-refractivity contribution in [2.75, 3.05) is 32.9 Å². The minimum Gasteiger partial charge on any atom is -0.384 e. The summed E-state index contributed by atoms with van der Waals surface area (Å²) in [6.45, 7) is 2.32. The van der Waals surface area contributed by atoms with Crippen LogP contribution in [0.4, 0.5) is 0 Å². The van der Waals surface area contributed by atoms with E-state index in [1.165, 1.54) is 0 Å². The number of pyridine rings is 1. The first kappa shape index (κ1) is 14.7. The maximum Gasteiger partial charge on any atom is 0.275 e. The van der Waals surface area contributed by atoms with E-state index in [0.717, 1.165) is 0 Å². The van der Waals surface area contributed by atoms with Crippen molar-refractivity contribution in [2.45, 2.75) is 0 Å². The van der Waals surface area contributed by atoms with Gasteiger partial charge in [-0.1, -0.05) is 16.8 Å². The minimum absolute atomic E-state index is 0.150. The molecule has 8 heteroatoms. The van der Waals surface area contributed by atoms with Gasteiger partial charge in [0.1, 0.15) is 0 Å². The second-order valence-corrected chi connectivity index (χ2v) is 4.39. The fourth-order valence-corrected chi connectivity index (χ4v) is 1.73. The number of amides is 1. The van der Waals surface area contributed by atoms with Crippen LogP contribution in [0.2, 0.25) is 0 Å². The first-order valence-corrected chi connectivity index (χ1v) is 6.51. The first-order chi connectivity index (χ1) is 9.75. The van der Waals surface area contributed by atoms with Gasteiger partial charge >= 0.3 is 0 Å². The van der Waals surface area contributed by atoms with Gasteiger partial charge in [0.2, 0.25) is 0 Å². The van der Waals surface area contributed by atoms with Crippen LogP contribution in [0, 0.1) is 0 Å². The molecule has 0 spiro atoms. The third-order valence-electron chi connectivity index (χ3n) is 2.53. The van der Waals surface area contributed by atoms with Crippen molar-refractivity contribution in [2.24, 2.45) is 5.16 Å². The fraction of sp³-hybridized carbons (Fsp3) is 0.417. The van der Waals surface area contributed by atoms with E-state index >= 15 is 0 Å². The average molecular weight is 299 g/mol. The van der Waals surface area contributed by atoms with Gasteiger partial charge in [-0.05, 0) is 12.1 Å². The van der Waals surface area contributed by atoms with E-state index in [0.29, 0.717) is 31.9 Å². The molecule has 20 heavy (non-hydrogen) atoms. The average Bonchev–Trinajstić information content (AvgIpc) is 2.49. The van der Waals surface area contributed by atoms with Gasteiger partial charge in [0, 0.05) is 31.0 Å². The second kappa shape index (κ2) is 7.78. The maximum atomic E-state index is 11.6. The molecule has 0 aromatic carbocycles. The van der Waals surface area contributed by atoms with Crippen molar-refractivity contribution in [1.82, 2.24) is 15.4 Å². The van der Waals surface area contributed by atoms with E-state index in [9.17, 15) is 4.79 Å². The largest absolute Gasteiger partial charge is 0.384 e. The molecule has 1 N–H and O–H groups in total. The summed E-state index contributed by atoms with van der Waals surface area (Å²) < 4.78 is 5.17. The molecule has 108 valence electrons. The molecule has 1 aliphatic rings. The van der Waals surface area contributed by atoms with Crippen LogP contribution in [-0.2, 0) is 14.4 Å². The summed E-state index contributed by atoms with van der Waals surface area (Å²) in [5.41, 5.74) is 3.32. The summed E-state index contributed by atoms with van der Waals surface area (Å²) in [4.78, 5) is 20.4. The number of nitrogens with zero attached hydrogens (tertiary/aromatic N) is 3. The van der Waals surface area contributed by atoms with Gasteiger partial charge in [0.25, 0.3) is 5.91 Å². The molecule has 0 saturated carbocycles. The van der Waals surface area contributed by atoms with E-state index in [-0.39, 0.29) is 17.7 Å². The van der Waals surface area contributed by atoms with Crippen LogP contribution < -0.4 is 5.43 Å². The van der Waals surface area contributed by atoms with Gasteiger partial charge in [0.15, 0.2) is 11.8 Å². The minimum atomic E-state index is -0.286. The Morgan fingerprint density at radius 2 is 2.35 bits per heavy atom. The lowest BCUT2D eigenvalue weighted by Gasteiger charge is -2.26. The predicted octanol–water partition coefficient (Wildman–Crippen LogP) is 0.362. The van der Waals surface area contributed by atoms with Crippen molar-refractivity contribution in [1.29, 1.82) is 0 Å². The normalized spacial score (nSPS) is 16.8. The van der Waals surface area contributed by atoms with E-state index in [2.05, 4.69) is 15.6 Å². The van der Waals surface area contributed by atoms with Crippen LogP contribution in [0.1, 0.15) is 5.56 Å². The molecule has 1 fully saturated rings. The third kappa shape index (κ3) is 4.76. The number of ether oxygens (including phenoxy) is 1. The van der Waals surface area contributed by atoms with Gasteiger partial charge in [-0.25, -0.2) is 5.01 Å². The first-order valence-electron chi connectivity index (χ1n) is 6.14. The highest BCUT2D eigenvalue weighted by molar-refractivity contribution is 6.69. The van der Waals surface area contributed by atoms with Crippen molar-refractivity contribution >= 4 is 22.7 Å². The summed E-state index contributed by atoms with van der Waals surface area (Å²) in [6.07, 6.45) is 3.19. The monoisotopic (exact) mass is 298 g/mol. The quantitative estimate of drug-likeness (QED) is 0.627. The fourth-order valence-electron chi connectivity index (χ4n) is 1.57. The van der Waals surface area contributed by atoms with Crippen LogP contribution in [0.25, 0.3) is 0 Å². The van der Waals surface area contributed by atoms with E-state index in [1.807, 2.05) is 0 Å². The lowest BCUT2D eigenvalue weighted by Crippen LogP contribution is -2.49. The van der Waals surface area contributed by atoms with Gasteiger partial charge < -0.3 is 9.57 Å². The molecule has 2 rings (SSSR count). The summed E-state index contributed by atoms with van der Waals surface area (Å²) in [6, 6.07) is 3.48. The SMILES string of the molecule is O=C(CO/N=C(\Cl)c1cccnc1)NN1CCOCC1. The highest BCUT2D eigenvalue weighted by Crippen LogP contribution is 2.03. The molecular formula is C12H15ClN4O3. The van der Waals surface area contributed by atoms with Crippen LogP contribution in [0.15, 0.2) is 29.7 Å². The number of aromatic nitrogens is 1. The number of nitrogens with one attached hydrogen (secondary N) is 1. The van der Waals surface area contributed by atoms with Gasteiger partial charge in [-0.15, -0.1) is 0 Å². The molecule has 1 aliphatic heterocycles. The number of carbonyl (C=O) groups excluding carboxylic acids is 1. The number of hydrazine groups is 1. The van der Waals surface area contributed by atoms with Gasteiger partial charge in [-0.3, -0.25) is 15.2 Å². The van der Waals surface area contributed by atoms with E-state index in [1.54, 1.807) is 29.5 Å². The van der Waals surface area contributed by atoms with Crippen LogP contribution in [0.3, 0.4) is 0 Å². The van der Waals surface area contributed by atoms with Crippen LogP contribution in [-0.4, -0.2) is 54.0 Å². The Labute approximate surface area is 121 Å².